The van der Waals surface area contributed by atoms with Crippen LogP contribution in [0.25, 0.3) is 5.20 Å². The third kappa shape index (κ3) is 5.88. The molecule has 0 N–H and O–H groups in total. The van der Waals surface area contributed by atoms with E-state index in [4.69, 9.17) is 0 Å². The van der Waals surface area contributed by atoms with Crippen molar-refractivity contribution >= 4 is 19.1 Å². The van der Waals surface area contributed by atoms with Gasteiger partial charge in [-0.1, -0.05) is 122 Å². The highest BCUT2D eigenvalue weighted by Crippen LogP contribution is 2.31. The molecule has 1 atom stereocenters. The van der Waals surface area contributed by atoms with Crippen LogP contribution in [0.1, 0.15) is 40.2 Å². The fourth-order valence-electron chi connectivity index (χ4n) is 3.76. The number of carbonyl (C=O) groups is 1. The van der Waals surface area contributed by atoms with Crippen LogP contribution in [0.15, 0.2) is 97.1 Å². The maximum Gasteiger partial charge on any atom is 0.163 e. The molecule has 0 bridgehead atoms. The van der Waals surface area contributed by atoms with Crippen molar-refractivity contribution in [2.24, 2.45) is 0 Å². The minimum absolute atomic E-state index is 0.180. The molecule has 1 nitrogen and oxygen atoms in total. The average Bonchev–Trinajstić information content (AvgIpc) is 2.74. The van der Waals surface area contributed by atoms with Crippen LogP contribution in [0.5, 0.6) is 0 Å². The first-order valence-corrected chi connectivity index (χ1v) is 13.8. The first kappa shape index (κ1) is 21.0. The Balaban J connectivity index is 1.90. The van der Waals surface area contributed by atoms with Gasteiger partial charge in [0.15, 0.2) is 5.78 Å². The zero-order chi connectivity index (χ0) is 20.7. The summed E-state index contributed by atoms with van der Waals surface area (Å²) in [4.78, 5) is 12.9. The molecular weight excluding hydrogens is 368 g/mol. The molecule has 0 aliphatic heterocycles. The highest BCUT2D eigenvalue weighted by Gasteiger charge is 2.22. The zero-order valence-corrected chi connectivity index (χ0v) is 18.6. The molecule has 0 saturated carbocycles. The van der Waals surface area contributed by atoms with Crippen molar-refractivity contribution in [3.05, 3.63) is 114 Å². The predicted molar refractivity (Wildman–Crippen MR) is 127 cm³/mol. The van der Waals surface area contributed by atoms with E-state index in [1.807, 2.05) is 36.4 Å². The maximum atomic E-state index is 12.9. The maximum absolute atomic E-state index is 12.9. The zero-order valence-electron chi connectivity index (χ0n) is 17.6. The van der Waals surface area contributed by atoms with Gasteiger partial charge in [-0.2, -0.15) is 0 Å². The molecule has 0 fully saturated rings. The van der Waals surface area contributed by atoms with Crippen LogP contribution in [0.2, 0.25) is 19.6 Å². The minimum Gasteiger partial charge on any atom is -0.294 e. The lowest BCUT2D eigenvalue weighted by atomic mass is 9.88. The van der Waals surface area contributed by atoms with Crippen LogP contribution >= 0.6 is 0 Å². The summed E-state index contributed by atoms with van der Waals surface area (Å²) in [6.07, 6.45) is 3.80. The van der Waals surface area contributed by atoms with Gasteiger partial charge in [-0.05, 0) is 23.5 Å². The minimum atomic E-state index is -1.52. The molecule has 0 spiro atoms. The number of carbonyl (C=O) groups excluding carboxylic acids is 1. The number of rotatable bonds is 8. The molecule has 29 heavy (non-hydrogen) atoms. The Bertz CT molecular complexity index is 938. The lowest BCUT2D eigenvalue weighted by Crippen LogP contribution is -2.23. The van der Waals surface area contributed by atoms with E-state index in [9.17, 15) is 4.79 Å². The van der Waals surface area contributed by atoms with Gasteiger partial charge in [0, 0.05) is 12.0 Å². The number of ketones is 1. The van der Waals surface area contributed by atoms with Crippen LogP contribution in [0.3, 0.4) is 0 Å². The van der Waals surface area contributed by atoms with Gasteiger partial charge in [-0.25, -0.2) is 0 Å². The van der Waals surface area contributed by atoms with Crippen LogP contribution in [-0.4, -0.2) is 13.9 Å². The van der Waals surface area contributed by atoms with Gasteiger partial charge >= 0.3 is 0 Å². The first-order chi connectivity index (χ1) is 13.9. The number of hydrogen-bond acceptors (Lipinski definition) is 1. The van der Waals surface area contributed by atoms with Gasteiger partial charge in [0.25, 0.3) is 0 Å². The Labute approximate surface area is 176 Å². The van der Waals surface area contributed by atoms with E-state index in [-0.39, 0.29) is 11.7 Å². The molecular formula is C27H30OSi. The smallest absolute Gasteiger partial charge is 0.163 e. The average molecular weight is 399 g/mol. The number of hydrogen-bond donors (Lipinski definition) is 0. The molecule has 0 radical (unpaired) electrons. The Kier molecular flexibility index (Phi) is 7.00. The van der Waals surface area contributed by atoms with Gasteiger partial charge in [-0.15, -0.1) is 0 Å². The summed E-state index contributed by atoms with van der Waals surface area (Å²) in [7, 11) is -1.52. The molecule has 0 heterocycles. The van der Waals surface area contributed by atoms with E-state index < -0.39 is 8.07 Å². The fourth-order valence-corrected chi connectivity index (χ4v) is 5.53. The van der Waals surface area contributed by atoms with Crippen LogP contribution in [0, 0.1) is 0 Å². The molecule has 2 heteroatoms. The van der Waals surface area contributed by atoms with E-state index in [1.165, 1.54) is 16.3 Å². The second-order valence-corrected chi connectivity index (χ2v) is 13.6. The molecule has 0 aromatic heterocycles. The van der Waals surface area contributed by atoms with Crippen molar-refractivity contribution in [1.29, 1.82) is 0 Å². The second kappa shape index (κ2) is 9.66. The SMILES string of the molecule is C[Si](C)(C)/C(=C/CC(CC(=O)c1ccccc1)c1ccccc1)c1ccccc1. The van der Waals surface area contributed by atoms with E-state index >= 15 is 0 Å². The van der Waals surface area contributed by atoms with Crippen LogP contribution < -0.4 is 0 Å². The molecule has 0 aliphatic rings. The van der Waals surface area contributed by atoms with Gasteiger partial charge < -0.3 is 0 Å². The number of allylic oxidation sites excluding steroid dienone is 1. The van der Waals surface area contributed by atoms with E-state index in [0.717, 1.165) is 12.0 Å². The fraction of sp³-hybridized carbons (Fsp3) is 0.222. The van der Waals surface area contributed by atoms with E-state index in [0.29, 0.717) is 6.42 Å². The summed E-state index contributed by atoms with van der Waals surface area (Å²) in [5.41, 5.74) is 3.34. The van der Waals surface area contributed by atoms with Crippen molar-refractivity contribution in [2.75, 3.05) is 0 Å². The standard InChI is InChI=1S/C27H30OSi/c1-29(2,3)27(24-17-11-6-12-18-24)20-19-25(22-13-7-4-8-14-22)21-26(28)23-15-9-5-10-16-23/h4-18,20,25H,19,21H2,1-3H3/b27-20+. The second-order valence-electron chi connectivity index (χ2n) is 8.57. The van der Waals surface area contributed by atoms with Gasteiger partial charge in [0.05, 0.1) is 8.07 Å². The summed E-state index contributed by atoms with van der Waals surface area (Å²) in [5.74, 6) is 0.390. The molecule has 0 amide bonds. The lowest BCUT2D eigenvalue weighted by Gasteiger charge is -2.23. The molecule has 0 aliphatic carbocycles. The normalized spacial score (nSPS) is 13.1. The van der Waals surface area contributed by atoms with Crippen molar-refractivity contribution < 1.29 is 4.79 Å². The summed E-state index contributed by atoms with van der Waals surface area (Å²) >= 11 is 0. The molecule has 1 unspecified atom stereocenters. The summed E-state index contributed by atoms with van der Waals surface area (Å²) < 4.78 is 0. The predicted octanol–water partition coefficient (Wildman–Crippen LogP) is 7.39. The van der Waals surface area contributed by atoms with Gasteiger partial charge in [-0.3, -0.25) is 4.79 Å². The Morgan fingerprint density at radius 2 is 1.24 bits per heavy atom. The topological polar surface area (TPSA) is 17.1 Å². The highest BCUT2D eigenvalue weighted by molar-refractivity contribution is 6.93. The summed E-state index contributed by atoms with van der Waals surface area (Å²) in [6, 6.07) is 30.8. The first-order valence-electron chi connectivity index (χ1n) is 10.3. The van der Waals surface area contributed by atoms with Gasteiger partial charge in [0.1, 0.15) is 0 Å². The van der Waals surface area contributed by atoms with Crippen molar-refractivity contribution in [1.82, 2.24) is 0 Å². The van der Waals surface area contributed by atoms with Gasteiger partial charge in [0.2, 0.25) is 0 Å². The number of Topliss-reactive ketones (excluding diaryl/α,β-unsaturated/α-hetero) is 1. The summed E-state index contributed by atoms with van der Waals surface area (Å²) in [5, 5.41) is 1.46. The third-order valence-corrected chi connectivity index (χ3v) is 7.41. The third-order valence-electron chi connectivity index (χ3n) is 5.30. The highest BCUT2D eigenvalue weighted by atomic mass is 28.3. The quantitative estimate of drug-likeness (QED) is 0.285. The van der Waals surface area contributed by atoms with E-state index in [1.54, 1.807) is 0 Å². The molecule has 3 aromatic rings. The largest absolute Gasteiger partial charge is 0.294 e. The molecule has 3 rings (SSSR count). The van der Waals surface area contributed by atoms with E-state index in [2.05, 4.69) is 80.3 Å². The van der Waals surface area contributed by atoms with Crippen molar-refractivity contribution in [3.63, 3.8) is 0 Å². The Morgan fingerprint density at radius 3 is 1.76 bits per heavy atom. The molecule has 0 saturated heterocycles. The van der Waals surface area contributed by atoms with Crippen LogP contribution in [0.4, 0.5) is 0 Å². The Morgan fingerprint density at radius 1 is 0.759 bits per heavy atom. The number of benzene rings is 3. The molecule has 148 valence electrons. The monoisotopic (exact) mass is 398 g/mol. The van der Waals surface area contributed by atoms with Crippen LogP contribution in [-0.2, 0) is 0 Å². The lowest BCUT2D eigenvalue weighted by molar-refractivity contribution is 0.0974. The Hall–Kier alpha value is -2.71. The van der Waals surface area contributed by atoms with Crippen molar-refractivity contribution in [2.45, 2.75) is 38.4 Å². The summed E-state index contributed by atoms with van der Waals surface area (Å²) in [6.45, 7) is 7.16. The van der Waals surface area contributed by atoms with Crippen molar-refractivity contribution in [3.8, 4) is 0 Å². The molecule has 3 aromatic carbocycles.